The van der Waals surface area contributed by atoms with E-state index in [0.29, 0.717) is 22.7 Å². The Morgan fingerprint density at radius 2 is 1.62 bits per heavy atom. The summed E-state index contributed by atoms with van der Waals surface area (Å²) in [6.07, 6.45) is 1.99. The number of para-hydroxylation sites is 1. The Morgan fingerprint density at radius 3 is 2.38 bits per heavy atom. The van der Waals surface area contributed by atoms with Crippen molar-refractivity contribution in [3.8, 4) is 11.1 Å². The molecule has 0 radical (unpaired) electrons. The summed E-state index contributed by atoms with van der Waals surface area (Å²) in [6, 6.07) is 22.6. The number of halogens is 1. The minimum Gasteiger partial charge on any atom is -0.342 e. The third-order valence-corrected chi connectivity index (χ3v) is 4.84. The quantitative estimate of drug-likeness (QED) is 0.334. The fraction of sp³-hybridized carbons (Fsp3) is 0.0476. The molecule has 4 nitrogen and oxygen atoms in total. The van der Waals surface area contributed by atoms with Gasteiger partial charge in [0, 0.05) is 29.8 Å². The predicted molar refractivity (Wildman–Crippen MR) is 105 cm³/mol. The molecule has 4 rings (SSSR count). The van der Waals surface area contributed by atoms with Gasteiger partial charge >= 0.3 is 0 Å². The number of benzene rings is 3. The molecule has 5 heteroatoms. The second kappa shape index (κ2) is 6.65. The Kier molecular flexibility index (Phi) is 4.19. The summed E-state index contributed by atoms with van der Waals surface area (Å²) in [5.41, 5.74) is 3.29. The van der Waals surface area contributed by atoms with Gasteiger partial charge in [-0.1, -0.05) is 66.2 Å². The SMILES string of the molecule is O=[N+]([O-])c1ccccc1-c1ccc2ccn(Cc3ccccc3)c2c1Cl. The molecule has 0 aliphatic heterocycles. The number of nitro benzene ring substituents is 1. The third kappa shape index (κ3) is 2.85. The second-order valence-electron chi connectivity index (χ2n) is 6.07. The molecular weight excluding hydrogens is 348 g/mol. The van der Waals surface area contributed by atoms with Crippen LogP contribution in [0.5, 0.6) is 0 Å². The van der Waals surface area contributed by atoms with Crippen LogP contribution in [0.1, 0.15) is 5.56 Å². The Morgan fingerprint density at radius 1 is 0.885 bits per heavy atom. The molecule has 1 heterocycles. The highest BCUT2D eigenvalue weighted by Crippen LogP contribution is 2.39. The van der Waals surface area contributed by atoms with E-state index < -0.39 is 0 Å². The zero-order valence-electron chi connectivity index (χ0n) is 13.8. The van der Waals surface area contributed by atoms with Gasteiger partial charge in [-0.15, -0.1) is 0 Å². The van der Waals surface area contributed by atoms with E-state index in [4.69, 9.17) is 11.6 Å². The smallest absolute Gasteiger partial charge is 0.277 e. The van der Waals surface area contributed by atoms with Crippen LogP contribution < -0.4 is 0 Å². The van der Waals surface area contributed by atoms with Crippen LogP contribution in [0.4, 0.5) is 5.69 Å². The molecule has 0 N–H and O–H groups in total. The zero-order chi connectivity index (χ0) is 18.1. The average molecular weight is 363 g/mol. The molecule has 26 heavy (non-hydrogen) atoms. The molecule has 0 amide bonds. The maximum Gasteiger partial charge on any atom is 0.277 e. The monoisotopic (exact) mass is 362 g/mol. The van der Waals surface area contributed by atoms with E-state index in [1.54, 1.807) is 18.2 Å². The summed E-state index contributed by atoms with van der Waals surface area (Å²) in [7, 11) is 0. The maximum absolute atomic E-state index is 11.4. The maximum atomic E-state index is 11.4. The van der Waals surface area contributed by atoms with Crippen LogP contribution in [0.25, 0.3) is 22.0 Å². The number of nitro groups is 1. The lowest BCUT2D eigenvalue weighted by Crippen LogP contribution is -1.99. The molecule has 0 fully saturated rings. The summed E-state index contributed by atoms with van der Waals surface area (Å²) in [5, 5.41) is 12.9. The van der Waals surface area contributed by atoms with Gasteiger partial charge in [-0.05, 0) is 17.7 Å². The first-order chi connectivity index (χ1) is 12.6. The third-order valence-electron chi connectivity index (χ3n) is 4.46. The second-order valence-corrected chi connectivity index (χ2v) is 6.45. The van der Waals surface area contributed by atoms with Gasteiger partial charge in [0.1, 0.15) is 0 Å². The summed E-state index contributed by atoms with van der Waals surface area (Å²) in [4.78, 5) is 11.0. The van der Waals surface area contributed by atoms with Crippen molar-refractivity contribution in [2.75, 3.05) is 0 Å². The van der Waals surface area contributed by atoms with Crippen molar-refractivity contribution in [3.05, 3.63) is 99.7 Å². The Hall–Kier alpha value is -3.11. The highest BCUT2D eigenvalue weighted by molar-refractivity contribution is 6.38. The number of aromatic nitrogens is 1. The number of fused-ring (bicyclic) bond motifs is 1. The first-order valence-electron chi connectivity index (χ1n) is 8.20. The first-order valence-corrected chi connectivity index (χ1v) is 8.58. The van der Waals surface area contributed by atoms with Crippen molar-refractivity contribution in [1.29, 1.82) is 0 Å². The summed E-state index contributed by atoms with van der Waals surface area (Å²) in [6.45, 7) is 0.685. The van der Waals surface area contributed by atoms with E-state index in [-0.39, 0.29) is 10.6 Å². The number of hydrogen-bond acceptors (Lipinski definition) is 2. The highest BCUT2D eigenvalue weighted by Gasteiger charge is 2.19. The van der Waals surface area contributed by atoms with E-state index in [1.165, 1.54) is 6.07 Å². The fourth-order valence-corrected chi connectivity index (χ4v) is 3.61. The summed E-state index contributed by atoms with van der Waals surface area (Å²) < 4.78 is 2.07. The van der Waals surface area contributed by atoms with Gasteiger partial charge in [0.05, 0.1) is 21.0 Å². The van der Waals surface area contributed by atoms with Crippen LogP contribution in [-0.2, 0) is 6.54 Å². The summed E-state index contributed by atoms with van der Waals surface area (Å²) in [5.74, 6) is 0. The van der Waals surface area contributed by atoms with E-state index >= 15 is 0 Å². The minimum atomic E-state index is -0.376. The van der Waals surface area contributed by atoms with Gasteiger partial charge in [0.15, 0.2) is 0 Å². The molecule has 0 aliphatic carbocycles. The van der Waals surface area contributed by atoms with E-state index in [0.717, 1.165) is 16.5 Å². The van der Waals surface area contributed by atoms with E-state index in [9.17, 15) is 10.1 Å². The standard InChI is InChI=1S/C21H15ClN2O2/c22-20-18(17-8-4-5-9-19(17)24(25)26)11-10-16-12-13-23(21(16)20)14-15-6-2-1-3-7-15/h1-13H,14H2. The van der Waals surface area contributed by atoms with Gasteiger partial charge in [-0.3, -0.25) is 10.1 Å². The van der Waals surface area contributed by atoms with Crippen LogP contribution >= 0.6 is 11.6 Å². The molecule has 0 bridgehead atoms. The van der Waals surface area contributed by atoms with Crippen LogP contribution in [0.2, 0.25) is 5.02 Å². The molecule has 0 spiro atoms. The predicted octanol–water partition coefficient (Wildman–Crippen LogP) is 5.92. The van der Waals surface area contributed by atoms with E-state index in [2.05, 4.69) is 16.7 Å². The molecule has 0 saturated carbocycles. The average Bonchev–Trinajstić information content (AvgIpc) is 3.06. The van der Waals surface area contributed by atoms with Gasteiger partial charge < -0.3 is 4.57 Å². The number of hydrogen-bond donors (Lipinski definition) is 0. The lowest BCUT2D eigenvalue weighted by molar-refractivity contribution is -0.384. The van der Waals surface area contributed by atoms with Gasteiger partial charge in [0.2, 0.25) is 0 Å². The molecule has 1 aromatic heterocycles. The lowest BCUT2D eigenvalue weighted by Gasteiger charge is -2.11. The molecule has 0 aliphatic rings. The Labute approximate surface area is 155 Å². The van der Waals surface area contributed by atoms with Gasteiger partial charge in [-0.25, -0.2) is 0 Å². The molecule has 0 unspecified atom stereocenters. The van der Waals surface area contributed by atoms with Crippen LogP contribution in [0, 0.1) is 10.1 Å². The van der Waals surface area contributed by atoms with Crippen molar-refractivity contribution < 1.29 is 4.92 Å². The van der Waals surface area contributed by atoms with Crippen LogP contribution in [-0.4, -0.2) is 9.49 Å². The van der Waals surface area contributed by atoms with Gasteiger partial charge in [-0.2, -0.15) is 0 Å². The molecule has 0 atom stereocenters. The van der Waals surface area contributed by atoms with Crippen molar-refractivity contribution in [2.45, 2.75) is 6.54 Å². The van der Waals surface area contributed by atoms with Crippen molar-refractivity contribution >= 4 is 28.2 Å². The number of nitrogens with zero attached hydrogens (tertiary/aromatic N) is 2. The van der Waals surface area contributed by atoms with Gasteiger partial charge in [0.25, 0.3) is 5.69 Å². The lowest BCUT2D eigenvalue weighted by atomic mass is 10.0. The molecular formula is C21H15ClN2O2. The summed E-state index contributed by atoms with van der Waals surface area (Å²) >= 11 is 6.72. The Balaban J connectivity index is 1.88. The van der Waals surface area contributed by atoms with Crippen molar-refractivity contribution in [2.24, 2.45) is 0 Å². The Bertz CT molecular complexity index is 1100. The normalized spacial score (nSPS) is 11.0. The fourth-order valence-electron chi connectivity index (χ4n) is 3.23. The molecule has 0 saturated heterocycles. The van der Waals surface area contributed by atoms with Crippen molar-refractivity contribution in [1.82, 2.24) is 4.57 Å². The molecule has 4 aromatic rings. The minimum absolute atomic E-state index is 0.0508. The molecule has 3 aromatic carbocycles. The van der Waals surface area contributed by atoms with Crippen LogP contribution in [0.15, 0.2) is 79.0 Å². The largest absolute Gasteiger partial charge is 0.342 e. The molecule has 128 valence electrons. The topological polar surface area (TPSA) is 48.1 Å². The highest BCUT2D eigenvalue weighted by atomic mass is 35.5. The van der Waals surface area contributed by atoms with E-state index in [1.807, 2.05) is 42.6 Å². The van der Waals surface area contributed by atoms with Crippen molar-refractivity contribution in [3.63, 3.8) is 0 Å². The number of rotatable bonds is 4. The zero-order valence-corrected chi connectivity index (χ0v) is 14.6. The first kappa shape index (κ1) is 16.4. The van der Waals surface area contributed by atoms with Crippen LogP contribution in [0.3, 0.4) is 0 Å².